The standard InChI is InChI=1S/C17H27BrN2O3/c1-17(2,3)23-16(21)20(11-12-22-4)10-9-19-13-14-5-7-15(18)8-6-14/h5-8,19H,9-13H2,1-4H3. The third-order valence-electron chi connectivity index (χ3n) is 3.02. The Kier molecular flexibility index (Phi) is 8.58. The van der Waals surface area contributed by atoms with Crippen molar-refractivity contribution >= 4 is 22.0 Å². The third-order valence-corrected chi connectivity index (χ3v) is 3.55. The number of carbonyl (C=O) groups excluding carboxylic acids is 1. The summed E-state index contributed by atoms with van der Waals surface area (Å²) < 4.78 is 11.6. The van der Waals surface area contributed by atoms with Crippen LogP contribution >= 0.6 is 15.9 Å². The van der Waals surface area contributed by atoms with E-state index in [1.165, 1.54) is 5.56 Å². The minimum atomic E-state index is -0.493. The van der Waals surface area contributed by atoms with Crippen molar-refractivity contribution in [3.05, 3.63) is 34.3 Å². The maximum Gasteiger partial charge on any atom is 0.410 e. The second kappa shape index (κ2) is 9.90. The van der Waals surface area contributed by atoms with Crippen LogP contribution in [-0.4, -0.2) is 49.9 Å². The zero-order chi connectivity index (χ0) is 17.3. The summed E-state index contributed by atoms with van der Waals surface area (Å²) in [6.07, 6.45) is -0.306. The number of hydrogen-bond donors (Lipinski definition) is 1. The predicted octanol–water partition coefficient (Wildman–Crippen LogP) is 3.42. The lowest BCUT2D eigenvalue weighted by atomic mass is 10.2. The topological polar surface area (TPSA) is 50.8 Å². The number of hydrogen-bond acceptors (Lipinski definition) is 4. The Morgan fingerprint density at radius 1 is 1.22 bits per heavy atom. The zero-order valence-electron chi connectivity index (χ0n) is 14.4. The zero-order valence-corrected chi connectivity index (χ0v) is 16.0. The highest BCUT2D eigenvalue weighted by molar-refractivity contribution is 9.10. The van der Waals surface area contributed by atoms with E-state index in [4.69, 9.17) is 9.47 Å². The van der Waals surface area contributed by atoms with Crippen LogP contribution in [0.3, 0.4) is 0 Å². The maximum atomic E-state index is 12.2. The van der Waals surface area contributed by atoms with E-state index < -0.39 is 5.60 Å². The van der Waals surface area contributed by atoms with Crippen molar-refractivity contribution in [3.8, 4) is 0 Å². The van der Waals surface area contributed by atoms with Crippen molar-refractivity contribution in [2.45, 2.75) is 32.9 Å². The highest BCUT2D eigenvalue weighted by atomic mass is 79.9. The lowest BCUT2D eigenvalue weighted by molar-refractivity contribution is 0.0204. The van der Waals surface area contributed by atoms with Gasteiger partial charge in [0, 0.05) is 37.8 Å². The molecule has 1 aromatic carbocycles. The van der Waals surface area contributed by atoms with Gasteiger partial charge >= 0.3 is 6.09 Å². The van der Waals surface area contributed by atoms with Gasteiger partial charge in [0.15, 0.2) is 0 Å². The van der Waals surface area contributed by atoms with E-state index in [2.05, 4.69) is 33.4 Å². The van der Waals surface area contributed by atoms with Crippen molar-refractivity contribution in [1.29, 1.82) is 0 Å². The summed E-state index contributed by atoms with van der Waals surface area (Å²) in [6, 6.07) is 8.16. The molecule has 23 heavy (non-hydrogen) atoms. The molecule has 0 aliphatic rings. The van der Waals surface area contributed by atoms with Crippen molar-refractivity contribution in [3.63, 3.8) is 0 Å². The molecule has 0 saturated heterocycles. The van der Waals surface area contributed by atoms with E-state index in [1.54, 1.807) is 12.0 Å². The molecule has 0 aromatic heterocycles. The molecule has 0 fully saturated rings. The molecule has 0 spiro atoms. The van der Waals surface area contributed by atoms with Crippen LogP contribution in [0, 0.1) is 0 Å². The van der Waals surface area contributed by atoms with E-state index in [1.807, 2.05) is 32.9 Å². The van der Waals surface area contributed by atoms with Crippen molar-refractivity contribution in [2.75, 3.05) is 33.4 Å². The van der Waals surface area contributed by atoms with Gasteiger partial charge in [0.2, 0.25) is 0 Å². The summed E-state index contributed by atoms with van der Waals surface area (Å²) in [6.45, 7) is 8.65. The van der Waals surface area contributed by atoms with E-state index in [9.17, 15) is 4.79 Å². The SMILES string of the molecule is COCCN(CCNCc1ccc(Br)cc1)C(=O)OC(C)(C)C. The number of nitrogens with zero attached hydrogens (tertiary/aromatic N) is 1. The fourth-order valence-electron chi connectivity index (χ4n) is 1.87. The lowest BCUT2D eigenvalue weighted by Gasteiger charge is -2.27. The van der Waals surface area contributed by atoms with Gasteiger partial charge in [0.1, 0.15) is 5.60 Å². The first kappa shape index (κ1) is 19.9. The number of ether oxygens (including phenoxy) is 2. The summed E-state index contributed by atoms with van der Waals surface area (Å²) in [4.78, 5) is 13.9. The summed E-state index contributed by atoms with van der Waals surface area (Å²) in [5.41, 5.74) is 0.710. The van der Waals surface area contributed by atoms with Crippen LogP contribution in [0.15, 0.2) is 28.7 Å². The van der Waals surface area contributed by atoms with Crippen molar-refractivity contribution < 1.29 is 14.3 Å². The van der Waals surface area contributed by atoms with Crippen LogP contribution in [0.1, 0.15) is 26.3 Å². The summed E-state index contributed by atoms with van der Waals surface area (Å²) in [5.74, 6) is 0. The monoisotopic (exact) mass is 386 g/mol. The number of rotatable bonds is 8. The second-order valence-electron chi connectivity index (χ2n) is 6.26. The van der Waals surface area contributed by atoms with Crippen LogP contribution < -0.4 is 5.32 Å². The highest BCUT2D eigenvalue weighted by Gasteiger charge is 2.21. The molecule has 6 heteroatoms. The fraction of sp³-hybridized carbons (Fsp3) is 0.588. The number of nitrogens with one attached hydrogen (secondary N) is 1. The van der Waals surface area contributed by atoms with Crippen LogP contribution in [0.5, 0.6) is 0 Å². The van der Waals surface area contributed by atoms with Crippen LogP contribution in [-0.2, 0) is 16.0 Å². The molecule has 0 saturated carbocycles. The quantitative estimate of drug-likeness (QED) is 0.695. The average molecular weight is 387 g/mol. The average Bonchev–Trinajstić information content (AvgIpc) is 2.46. The molecule has 0 unspecified atom stereocenters. The van der Waals surface area contributed by atoms with Gasteiger partial charge in [-0.15, -0.1) is 0 Å². The Bertz CT molecular complexity index is 472. The van der Waals surface area contributed by atoms with Gasteiger partial charge in [0.25, 0.3) is 0 Å². The van der Waals surface area contributed by atoms with Gasteiger partial charge in [-0.05, 0) is 38.5 Å². The lowest BCUT2D eigenvalue weighted by Crippen LogP contribution is -2.42. The molecule has 0 heterocycles. The van der Waals surface area contributed by atoms with Gasteiger partial charge in [-0.3, -0.25) is 0 Å². The van der Waals surface area contributed by atoms with Crippen LogP contribution in [0.2, 0.25) is 0 Å². The predicted molar refractivity (Wildman–Crippen MR) is 95.5 cm³/mol. The molecular formula is C17H27BrN2O3. The van der Waals surface area contributed by atoms with Gasteiger partial charge < -0.3 is 19.7 Å². The molecule has 1 N–H and O–H groups in total. The van der Waals surface area contributed by atoms with Gasteiger partial charge in [-0.1, -0.05) is 28.1 Å². The normalized spacial score (nSPS) is 11.3. The minimum Gasteiger partial charge on any atom is -0.444 e. The first-order valence-corrected chi connectivity index (χ1v) is 8.53. The van der Waals surface area contributed by atoms with E-state index >= 15 is 0 Å². The maximum absolute atomic E-state index is 12.2. The Morgan fingerprint density at radius 2 is 1.87 bits per heavy atom. The Labute approximate surface area is 147 Å². The molecule has 5 nitrogen and oxygen atoms in total. The summed E-state index contributed by atoms with van der Waals surface area (Å²) in [7, 11) is 1.62. The molecule has 0 aliphatic carbocycles. The molecule has 0 aliphatic heterocycles. The Morgan fingerprint density at radius 3 is 2.43 bits per heavy atom. The van der Waals surface area contributed by atoms with Gasteiger partial charge in [0.05, 0.1) is 6.61 Å². The highest BCUT2D eigenvalue weighted by Crippen LogP contribution is 2.11. The number of amides is 1. The van der Waals surface area contributed by atoms with E-state index in [0.29, 0.717) is 26.2 Å². The van der Waals surface area contributed by atoms with Gasteiger partial charge in [-0.25, -0.2) is 4.79 Å². The molecule has 0 atom stereocenters. The number of carbonyl (C=O) groups is 1. The fourth-order valence-corrected chi connectivity index (χ4v) is 2.14. The molecule has 130 valence electrons. The molecular weight excluding hydrogens is 360 g/mol. The van der Waals surface area contributed by atoms with Crippen molar-refractivity contribution in [2.24, 2.45) is 0 Å². The number of halogens is 1. The molecule has 1 amide bonds. The van der Waals surface area contributed by atoms with E-state index in [-0.39, 0.29) is 6.09 Å². The molecule has 1 rings (SSSR count). The molecule has 0 bridgehead atoms. The first-order chi connectivity index (χ1) is 10.8. The van der Waals surface area contributed by atoms with E-state index in [0.717, 1.165) is 11.0 Å². The Hall–Kier alpha value is -1.11. The summed E-state index contributed by atoms with van der Waals surface area (Å²) >= 11 is 3.42. The minimum absolute atomic E-state index is 0.306. The number of benzene rings is 1. The molecule has 0 radical (unpaired) electrons. The smallest absolute Gasteiger partial charge is 0.410 e. The Balaban J connectivity index is 2.41. The first-order valence-electron chi connectivity index (χ1n) is 7.74. The summed E-state index contributed by atoms with van der Waals surface area (Å²) in [5, 5.41) is 3.34. The molecule has 1 aromatic rings. The third kappa shape index (κ3) is 8.93. The number of methoxy groups -OCH3 is 1. The van der Waals surface area contributed by atoms with Gasteiger partial charge in [-0.2, -0.15) is 0 Å². The largest absolute Gasteiger partial charge is 0.444 e. The van der Waals surface area contributed by atoms with Crippen LogP contribution in [0.25, 0.3) is 0 Å². The second-order valence-corrected chi connectivity index (χ2v) is 7.18. The van der Waals surface area contributed by atoms with Crippen molar-refractivity contribution in [1.82, 2.24) is 10.2 Å². The van der Waals surface area contributed by atoms with Crippen LogP contribution in [0.4, 0.5) is 4.79 Å².